The molecule has 1 unspecified atom stereocenters. The fourth-order valence-corrected chi connectivity index (χ4v) is 6.31. The fraction of sp³-hybridized carbons (Fsp3) is 0.500. The van der Waals surface area contributed by atoms with Crippen molar-refractivity contribution in [1.29, 1.82) is 0 Å². The first-order valence-electron chi connectivity index (χ1n) is 13.6. The average Bonchev–Trinajstić information content (AvgIpc) is 3.42. The lowest BCUT2D eigenvalue weighted by Crippen LogP contribution is -2.31. The number of fused-ring (bicyclic) bond motifs is 1. The average molecular weight is 627 g/mol. The normalized spacial score (nSPS) is 15.8. The van der Waals surface area contributed by atoms with Crippen LogP contribution in [-0.2, 0) is 43.7 Å². The van der Waals surface area contributed by atoms with Gasteiger partial charge in [-0.1, -0.05) is 47.5 Å². The van der Waals surface area contributed by atoms with Crippen molar-refractivity contribution in [2.75, 3.05) is 59.8 Å². The molecule has 2 aromatic carbocycles. The summed E-state index contributed by atoms with van der Waals surface area (Å²) in [7, 11) is -1.69. The Morgan fingerprint density at radius 1 is 1.02 bits per heavy atom. The van der Waals surface area contributed by atoms with Crippen LogP contribution in [0, 0.1) is 0 Å². The summed E-state index contributed by atoms with van der Waals surface area (Å²) in [6, 6.07) is 10.7. The van der Waals surface area contributed by atoms with E-state index in [9.17, 15) is 8.42 Å². The lowest BCUT2D eigenvalue weighted by atomic mass is 9.85. The number of nitrogens with zero attached hydrogens (tertiary/aromatic N) is 4. The Hall–Kier alpha value is -2.09. The SMILES string of the molecule is CCc1cn(CCOCCOCCOCCNS(=O)(=O)c2cccc(C3CN(C)Cc4c(Cl)cc(Cl)cc43)c2)nn1. The summed E-state index contributed by atoms with van der Waals surface area (Å²) < 4.78 is 46.9. The minimum Gasteiger partial charge on any atom is -0.378 e. The van der Waals surface area contributed by atoms with Gasteiger partial charge in [0, 0.05) is 41.8 Å². The van der Waals surface area contributed by atoms with Crippen LogP contribution in [-0.4, -0.2) is 88.1 Å². The molecule has 2 heterocycles. The van der Waals surface area contributed by atoms with E-state index in [0.29, 0.717) is 56.2 Å². The van der Waals surface area contributed by atoms with Crippen LogP contribution in [0.3, 0.4) is 0 Å². The maximum absolute atomic E-state index is 13.0. The zero-order valence-electron chi connectivity index (χ0n) is 23.4. The highest BCUT2D eigenvalue weighted by Gasteiger charge is 2.28. The van der Waals surface area contributed by atoms with Gasteiger partial charge >= 0.3 is 0 Å². The molecule has 3 aromatic rings. The van der Waals surface area contributed by atoms with Crippen molar-refractivity contribution >= 4 is 33.2 Å². The largest absolute Gasteiger partial charge is 0.378 e. The predicted molar refractivity (Wildman–Crippen MR) is 158 cm³/mol. The summed E-state index contributed by atoms with van der Waals surface area (Å²) in [6.45, 7) is 6.70. The van der Waals surface area contributed by atoms with Gasteiger partial charge in [-0.15, -0.1) is 5.10 Å². The van der Waals surface area contributed by atoms with Crippen LogP contribution in [0.25, 0.3) is 0 Å². The van der Waals surface area contributed by atoms with Crippen LogP contribution < -0.4 is 4.72 Å². The van der Waals surface area contributed by atoms with Gasteiger partial charge in [0.1, 0.15) is 0 Å². The van der Waals surface area contributed by atoms with E-state index in [1.54, 1.807) is 28.9 Å². The Bertz CT molecular complexity index is 1390. The van der Waals surface area contributed by atoms with Gasteiger partial charge < -0.3 is 19.1 Å². The molecule has 0 aliphatic carbocycles. The molecule has 1 aliphatic heterocycles. The highest BCUT2D eigenvalue weighted by Crippen LogP contribution is 2.38. The van der Waals surface area contributed by atoms with Gasteiger partial charge in [0.15, 0.2) is 0 Å². The Morgan fingerprint density at radius 2 is 1.76 bits per heavy atom. The van der Waals surface area contributed by atoms with Gasteiger partial charge in [0.25, 0.3) is 0 Å². The number of nitrogens with one attached hydrogen (secondary N) is 1. The molecule has 1 aromatic heterocycles. The van der Waals surface area contributed by atoms with Crippen molar-refractivity contribution < 1.29 is 22.6 Å². The number of benzene rings is 2. The topological polar surface area (TPSA) is 108 Å². The van der Waals surface area contributed by atoms with E-state index in [0.717, 1.165) is 35.3 Å². The van der Waals surface area contributed by atoms with Crippen LogP contribution in [0.1, 0.15) is 35.2 Å². The van der Waals surface area contributed by atoms with E-state index >= 15 is 0 Å². The number of halogens is 2. The van der Waals surface area contributed by atoms with Gasteiger partial charge in [-0.2, -0.15) is 0 Å². The Balaban J connectivity index is 1.15. The molecular formula is C28H37Cl2N5O5S. The molecule has 13 heteroatoms. The number of ether oxygens (including phenoxy) is 3. The van der Waals surface area contributed by atoms with Crippen molar-refractivity contribution in [1.82, 2.24) is 24.6 Å². The number of sulfonamides is 1. The van der Waals surface area contributed by atoms with E-state index < -0.39 is 10.0 Å². The summed E-state index contributed by atoms with van der Waals surface area (Å²) in [4.78, 5) is 2.37. The van der Waals surface area contributed by atoms with Gasteiger partial charge in [0.05, 0.1) is 56.8 Å². The molecular weight excluding hydrogens is 589 g/mol. The zero-order valence-corrected chi connectivity index (χ0v) is 25.7. The lowest BCUT2D eigenvalue weighted by molar-refractivity contribution is 0.0138. The van der Waals surface area contributed by atoms with E-state index in [1.165, 1.54) is 0 Å². The molecule has 0 spiro atoms. The van der Waals surface area contributed by atoms with E-state index in [1.807, 2.05) is 32.3 Å². The molecule has 0 saturated carbocycles. The van der Waals surface area contributed by atoms with Gasteiger partial charge in [-0.3, -0.25) is 0 Å². The third-order valence-corrected chi connectivity index (χ3v) is 8.77. The van der Waals surface area contributed by atoms with Crippen LogP contribution in [0.2, 0.25) is 10.0 Å². The second-order valence-corrected chi connectivity index (χ2v) is 12.4. The third kappa shape index (κ3) is 9.20. The zero-order chi connectivity index (χ0) is 29.2. The van der Waals surface area contributed by atoms with E-state index in [-0.39, 0.29) is 24.0 Å². The first kappa shape index (κ1) is 31.8. The Labute approximate surface area is 251 Å². The van der Waals surface area contributed by atoms with Crippen molar-refractivity contribution in [2.24, 2.45) is 0 Å². The number of rotatable bonds is 16. The molecule has 0 fully saturated rings. The lowest BCUT2D eigenvalue weighted by Gasteiger charge is -2.33. The number of aromatic nitrogens is 3. The summed E-state index contributed by atoms with van der Waals surface area (Å²) >= 11 is 12.8. The van der Waals surface area contributed by atoms with Crippen molar-refractivity contribution in [2.45, 2.75) is 37.2 Å². The van der Waals surface area contributed by atoms with E-state index in [2.05, 4.69) is 19.9 Å². The van der Waals surface area contributed by atoms with Crippen molar-refractivity contribution in [3.05, 3.63) is 75.0 Å². The molecule has 41 heavy (non-hydrogen) atoms. The second kappa shape index (κ2) is 15.4. The first-order valence-corrected chi connectivity index (χ1v) is 15.9. The highest BCUT2D eigenvalue weighted by atomic mass is 35.5. The summed E-state index contributed by atoms with van der Waals surface area (Å²) in [5, 5.41) is 9.26. The minimum atomic E-state index is -3.71. The van der Waals surface area contributed by atoms with Gasteiger partial charge in [-0.05, 0) is 54.4 Å². The molecule has 4 rings (SSSR count). The molecule has 1 aliphatic rings. The molecule has 10 nitrogen and oxygen atoms in total. The standard InChI is InChI=1S/C28H37Cl2N5O5S/c1-3-23-18-35(33-32-23)8-10-39-12-14-40-13-11-38-9-7-31-41(36,37)24-6-4-5-21(15-24)26-19-34(2)20-27-25(26)16-22(29)17-28(27)30/h4-6,15-18,26,31H,3,7-14,19-20H2,1-2H3. The number of hydrogen-bond donors (Lipinski definition) is 1. The molecule has 0 amide bonds. The smallest absolute Gasteiger partial charge is 0.240 e. The fourth-order valence-electron chi connectivity index (χ4n) is 4.67. The molecule has 0 bridgehead atoms. The minimum absolute atomic E-state index is 0.0495. The summed E-state index contributed by atoms with van der Waals surface area (Å²) in [5.74, 6) is -0.0495. The predicted octanol–water partition coefficient (Wildman–Crippen LogP) is 3.75. The Morgan fingerprint density at radius 3 is 2.49 bits per heavy atom. The monoisotopic (exact) mass is 625 g/mol. The number of likely N-dealkylation sites (N-methyl/N-ethyl adjacent to an activating group) is 1. The van der Waals surface area contributed by atoms with Crippen LogP contribution >= 0.6 is 23.2 Å². The number of hydrogen-bond acceptors (Lipinski definition) is 8. The third-order valence-electron chi connectivity index (χ3n) is 6.76. The van der Waals surface area contributed by atoms with Gasteiger partial charge in [-0.25, -0.2) is 17.8 Å². The van der Waals surface area contributed by atoms with Crippen LogP contribution in [0.5, 0.6) is 0 Å². The van der Waals surface area contributed by atoms with Crippen molar-refractivity contribution in [3.63, 3.8) is 0 Å². The van der Waals surface area contributed by atoms with Crippen LogP contribution in [0.15, 0.2) is 47.5 Å². The Kier molecular flexibility index (Phi) is 12.0. The summed E-state index contributed by atoms with van der Waals surface area (Å²) in [6.07, 6.45) is 2.77. The molecule has 0 saturated heterocycles. The second-order valence-electron chi connectivity index (χ2n) is 9.84. The summed E-state index contributed by atoms with van der Waals surface area (Å²) in [5.41, 5.74) is 3.90. The quantitative estimate of drug-likeness (QED) is 0.240. The van der Waals surface area contributed by atoms with Gasteiger partial charge in [0.2, 0.25) is 10.0 Å². The molecule has 224 valence electrons. The van der Waals surface area contributed by atoms with E-state index in [4.69, 9.17) is 37.4 Å². The highest BCUT2D eigenvalue weighted by molar-refractivity contribution is 7.89. The molecule has 1 N–H and O–H groups in total. The van der Waals surface area contributed by atoms with Crippen molar-refractivity contribution in [3.8, 4) is 0 Å². The first-order chi connectivity index (χ1) is 19.8. The van der Waals surface area contributed by atoms with Crippen LogP contribution in [0.4, 0.5) is 0 Å². The molecule has 1 atom stereocenters. The number of aryl methyl sites for hydroxylation is 1. The maximum Gasteiger partial charge on any atom is 0.240 e. The maximum atomic E-state index is 13.0. The molecule has 0 radical (unpaired) electrons.